The maximum Gasteiger partial charge on any atom is 0.0478 e. The average molecular weight is 448 g/mol. The molecule has 0 bridgehead atoms. The molecule has 1 heterocycles. The number of hydrogen-bond donors (Lipinski definition) is 1. The van der Waals surface area contributed by atoms with Gasteiger partial charge in [-0.25, -0.2) is 0 Å². The van der Waals surface area contributed by atoms with Crippen molar-refractivity contribution in [1.82, 2.24) is 0 Å². The Morgan fingerprint density at radius 3 is 2.21 bits per heavy atom. The normalized spacial score (nSPS) is 12.1. The van der Waals surface area contributed by atoms with E-state index in [1.54, 1.807) is 11.3 Å². The second-order valence-electron chi connectivity index (χ2n) is 7.78. The number of nitrogens with one attached hydrogen (secondary N) is 1. The van der Waals surface area contributed by atoms with Crippen LogP contribution in [0.4, 0.5) is 5.69 Å². The van der Waals surface area contributed by atoms with E-state index < -0.39 is 0 Å². The molecule has 0 aliphatic carbocycles. The molecule has 0 radical (unpaired) electrons. The van der Waals surface area contributed by atoms with Gasteiger partial charge in [0.25, 0.3) is 0 Å². The van der Waals surface area contributed by atoms with Gasteiger partial charge in [0.15, 0.2) is 0 Å². The highest BCUT2D eigenvalue weighted by Gasteiger charge is 2.16. The van der Waals surface area contributed by atoms with Gasteiger partial charge in [-0.2, -0.15) is 0 Å². The topological polar surface area (TPSA) is 12.0 Å². The summed E-state index contributed by atoms with van der Waals surface area (Å²) in [5.41, 5.74) is 8.28. The smallest absolute Gasteiger partial charge is 0.0478 e. The molecule has 1 nitrogen and oxygen atoms in total. The molecule has 1 aromatic heterocycles. The Kier molecular flexibility index (Phi) is 7.07. The van der Waals surface area contributed by atoms with E-state index in [-0.39, 0.29) is 0 Å². The molecule has 0 fully saturated rings. The fraction of sp³-hybridized carbons (Fsp3) is 0.0968. The van der Waals surface area contributed by atoms with Crippen LogP contribution in [0.2, 0.25) is 0 Å². The Bertz CT molecular complexity index is 1340. The van der Waals surface area contributed by atoms with Crippen molar-refractivity contribution in [3.8, 4) is 11.1 Å². The van der Waals surface area contributed by atoms with Crippen molar-refractivity contribution >= 4 is 44.8 Å². The van der Waals surface area contributed by atoms with Crippen molar-refractivity contribution in [2.24, 2.45) is 0 Å². The van der Waals surface area contributed by atoms with Crippen LogP contribution in [0.3, 0.4) is 0 Å². The summed E-state index contributed by atoms with van der Waals surface area (Å²) in [4.78, 5) is 1.15. The zero-order valence-corrected chi connectivity index (χ0v) is 20.1. The monoisotopic (exact) mass is 447 g/mol. The van der Waals surface area contributed by atoms with Crippen LogP contribution >= 0.6 is 11.3 Å². The van der Waals surface area contributed by atoms with Crippen molar-refractivity contribution in [3.05, 3.63) is 120 Å². The molecule has 4 rings (SSSR count). The van der Waals surface area contributed by atoms with E-state index in [4.69, 9.17) is 0 Å². The third kappa shape index (κ3) is 4.62. The van der Waals surface area contributed by atoms with Crippen molar-refractivity contribution in [1.29, 1.82) is 0 Å². The van der Waals surface area contributed by atoms with Gasteiger partial charge in [-0.15, -0.1) is 11.3 Å². The Morgan fingerprint density at radius 1 is 0.909 bits per heavy atom. The van der Waals surface area contributed by atoms with Crippen LogP contribution in [-0.2, 0) is 0 Å². The number of hydrogen-bond acceptors (Lipinski definition) is 2. The summed E-state index contributed by atoms with van der Waals surface area (Å²) in [6.07, 6.45) is 9.22. The Hall–Kier alpha value is -3.62. The first-order valence-corrected chi connectivity index (χ1v) is 12.1. The molecule has 33 heavy (non-hydrogen) atoms. The average Bonchev–Trinajstić information content (AvgIpc) is 3.25. The van der Waals surface area contributed by atoms with Gasteiger partial charge in [0.2, 0.25) is 0 Å². The predicted molar refractivity (Wildman–Crippen MR) is 150 cm³/mol. The van der Waals surface area contributed by atoms with Gasteiger partial charge < -0.3 is 5.32 Å². The fourth-order valence-electron chi connectivity index (χ4n) is 4.13. The summed E-state index contributed by atoms with van der Waals surface area (Å²) >= 11 is 1.77. The van der Waals surface area contributed by atoms with Crippen LogP contribution in [0.5, 0.6) is 0 Å². The first-order valence-electron chi connectivity index (χ1n) is 11.3. The van der Waals surface area contributed by atoms with Crippen LogP contribution in [0.1, 0.15) is 36.3 Å². The number of benzene rings is 3. The third-order valence-electron chi connectivity index (χ3n) is 5.82. The maximum atomic E-state index is 4.05. The van der Waals surface area contributed by atoms with Gasteiger partial charge in [0, 0.05) is 31.9 Å². The molecule has 0 amide bonds. The lowest BCUT2D eigenvalue weighted by Gasteiger charge is -2.16. The van der Waals surface area contributed by atoms with E-state index in [1.807, 2.05) is 12.2 Å². The highest BCUT2D eigenvalue weighted by Crippen LogP contribution is 2.43. The summed E-state index contributed by atoms with van der Waals surface area (Å²) in [6, 6.07) is 25.6. The summed E-state index contributed by atoms with van der Waals surface area (Å²) in [5, 5.41) is 4.94. The lowest BCUT2D eigenvalue weighted by Crippen LogP contribution is -2.00. The van der Waals surface area contributed by atoms with Crippen LogP contribution in [-0.4, -0.2) is 0 Å². The summed E-state index contributed by atoms with van der Waals surface area (Å²) in [7, 11) is 0. The van der Waals surface area contributed by atoms with Gasteiger partial charge in [-0.1, -0.05) is 105 Å². The molecule has 3 aromatic carbocycles. The first kappa shape index (κ1) is 22.6. The predicted octanol–water partition coefficient (Wildman–Crippen LogP) is 9.66. The van der Waals surface area contributed by atoms with E-state index >= 15 is 0 Å². The highest BCUT2D eigenvalue weighted by atomic mass is 32.1. The van der Waals surface area contributed by atoms with Gasteiger partial charge in [0.05, 0.1) is 0 Å². The van der Waals surface area contributed by atoms with Gasteiger partial charge in [-0.3, -0.25) is 0 Å². The number of fused-ring (bicyclic) bond motifs is 1. The Morgan fingerprint density at radius 2 is 1.61 bits per heavy atom. The van der Waals surface area contributed by atoms with Crippen molar-refractivity contribution in [2.75, 3.05) is 5.32 Å². The van der Waals surface area contributed by atoms with E-state index in [0.717, 1.165) is 28.2 Å². The van der Waals surface area contributed by atoms with Crippen molar-refractivity contribution in [3.63, 3.8) is 0 Å². The lowest BCUT2D eigenvalue weighted by molar-refractivity contribution is 1.23. The molecular formula is C31H29NS. The molecule has 0 saturated carbocycles. The van der Waals surface area contributed by atoms with Crippen molar-refractivity contribution in [2.45, 2.75) is 20.3 Å². The number of anilines is 1. The van der Waals surface area contributed by atoms with E-state index in [1.165, 1.54) is 32.3 Å². The Labute approximate surface area is 201 Å². The summed E-state index contributed by atoms with van der Waals surface area (Å²) in [5.74, 6) is 0. The van der Waals surface area contributed by atoms with Crippen LogP contribution in [0.25, 0.3) is 38.9 Å². The van der Waals surface area contributed by atoms with Crippen LogP contribution in [0, 0.1) is 0 Å². The third-order valence-corrected chi connectivity index (χ3v) is 7.06. The molecule has 1 N–H and O–H groups in total. The lowest BCUT2D eigenvalue weighted by atomic mass is 9.99. The second kappa shape index (κ2) is 10.3. The fourth-order valence-corrected chi connectivity index (χ4v) is 5.36. The number of allylic oxidation sites excluding steroid dienone is 3. The summed E-state index contributed by atoms with van der Waals surface area (Å²) in [6.45, 7) is 12.3. The van der Waals surface area contributed by atoms with Gasteiger partial charge >= 0.3 is 0 Å². The zero-order valence-electron chi connectivity index (χ0n) is 19.3. The van der Waals surface area contributed by atoms with Crippen molar-refractivity contribution < 1.29 is 0 Å². The molecule has 2 heteroatoms. The quantitative estimate of drug-likeness (QED) is 0.265. The molecule has 0 spiro atoms. The summed E-state index contributed by atoms with van der Waals surface area (Å²) < 4.78 is 1.24. The maximum absolute atomic E-state index is 4.05. The molecule has 0 unspecified atom stereocenters. The molecule has 4 aromatic rings. The first-order chi connectivity index (χ1) is 16.2. The molecule has 164 valence electrons. The van der Waals surface area contributed by atoms with E-state index in [2.05, 4.69) is 117 Å². The molecule has 0 aliphatic heterocycles. The van der Waals surface area contributed by atoms with Crippen LogP contribution in [0.15, 0.2) is 104 Å². The largest absolute Gasteiger partial charge is 0.355 e. The molecule has 0 aliphatic rings. The zero-order chi connectivity index (χ0) is 23.2. The second-order valence-corrected chi connectivity index (χ2v) is 8.83. The highest BCUT2D eigenvalue weighted by molar-refractivity contribution is 7.20. The van der Waals surface area contributed by atoms with Gasteiger partial charge in [-0.05, 0) is 47.8 Å². The molecular weight excluding hydrogens is 418 g/mol. The molecule has 0 saturated heterocycles. The number of thiophene rings is 1. The minimum atomic E-state index is 0.962. The standard InChI is InChI=1S/C31H29NS/c1-5-22(23-15-11-9-12-16-23)21-25(6-2)32-28-20-19-27-26(7-3)29(8-4)33-31(27)30(28)24-17-13-10-14-18-24/h6-21,32H,3-5H2,1-2H3/b22-21+,25-6+. The minimum Gasteiger partial charge on any atom is -0.355 e. The minimum absolute atomic E-state index is 0.962. The van der Waals surface area contributed by atoms with E-state index in [0.29, 0.717) is 0 Å². The number of rotatable bonds is 8. The Balaban J connectivity index is 1.86. The van der Waals surface area contributed by atoms with Gasteiger partial charge in [0.1, 0.15) is 0 Å². The SMILES string of the molecule is C=Cc1sc2c(-c3ccccc3)c(NC(=C/C)/C=C(\CC)c3ccccc3)ccc2c1C=C. The van der Waals surface area contributed by atoms with E-state index in [9.17, 15) is 0 Å². The molecule has 0 atom stereocenters. The van der Waals surface area contributed by atoms with Crippen LogP contribution < -0.4 is 5.32 Å².